The Balaban J connectivity index is 0.000000791. The van der Waals surface area contributed by atoms with E-state index in [1.165, 1.54) is 0 Å². The predicted molar refractivity (Wildman–Crippen MR) is 66.5 cm³/mol. The third-order valence-electron chi connectivity index (χ3n) is 1.45. The summed E-state index contributed by atoms with van der Waals surface area (Å²) in [6.07, 6.45) is 0.222. The summed E-state index contributed by atoms with van der Waals surface area (Å²) in [7, 11) is 0. The minimum Gasteiger partial charge on any atom is -0.393 e. The van der Waals surface area contributed by atoms with Crippen LogP contribution in [0.25, 0.3) is 0 Å². The van der Waals surface area contributed by atoms with Crippen LogP contribution < -0.4 is 0 Å². The minimum absolute atomic E-state index is 0.362. The summed E-state index contributed by atoms with van der Waals surface area (Å²) >= 11 is 16.2. The molecule has 1 unspecified atom stereocenters. The first-order valence-electron chi connectivity index (χ1n) is 3.97. The third-order valence-corrected chi connectivity index (χ3v) is 1.89. The fourth-order valence-corrected chi connectivity index (χ4v) is 1.64. The van der Waals surface area contributed by atoms with Crippen LogP contribution in [0.5, 0.6) is 0 Å². The smallest absolute Gasteiger partial charge is 0.393 e. The molecule has 0 aliphatic rings. The zero-order valence-corrected chi connectivity index (χ0v) is 12.3. The van der Waals surface area contributed by atoms with Crippen molar-refractivity contribution in [3.05, 3.63) is 33.8 Å². The molecule has 7 radical (unpaired) electrons. The molecule has 0 saturated carbocycles. The SMILES string of the molecule is CC(O)Cc1cc(Cl)cc(Cl)c1.[Mg+2][Br]. The topological polar surface area (TPSA) is 20.2 Å². The number of halogens is 3. The van der Waals surface area contributed by atoms with E-state index in [1.807, 2.05) is 0 Å². The number of hydrogen-bond acceptors (Lipinski definition) is 1. The molecule has 1 aromatic rings. The minimum atomic E-state index is -0.362. The van der Waals surface area contributed by atoms with Crippen LogP contribution in [0.3, 0.4) is 0 Å². The highest BCUT2D eigenvalue weighted by Crippen LogP contribution is 2.19. The monoisotopic (exact) mass is 307 g/mol. The molecule has 0 bridgehead atoms. The van der Waals surface area contributed by atoms with E-state index >= 15 is 0 Å². The maximum absolute atomic E-state index is 9.10. The summed E-state index contributed by atoms with van der Waals surface area (Å²) in [5.74, 6) is 0. The standard InChI is InChI=1S/C9H10Cl2O.BrH.Mg/c1-6(12)2-7-3-8(10)5-9(11)4-7;;/h3-6,12H,2H2,1H3;1H;/q;;+3/p-1. The summed E-state index contributed by atoms with van der Waals surface area (Å²) in [4.78, 5) is 0. The molecular formula is C9H10BrCl2MgO+2. The highest BCUT2D eigenvalue weighted by molar-refractivity contribution is 9.22. The zero-order chi connectivity index (χ0) is 11.1. The molecular weight excluding hydrogens is 299 g/mol. The van der Waals surface area contributed by atoms with E-state index in [0.717, 1.165) is 5.56 Å². The van der Waals surface area contributed by atoms with E-state index in [9.17, 15) is 0 Å². The fourth-order valence-electron chi connectivity index (χ4n) is 1.07. The molecule has 1 rings (SSSR count). The summed E-state index contributed by atoms with van der Waals surface area (Å²) in [5, 5.41) is 10.3. The largest absolute Gasteiger partial charge is 1.52 e. The van der Waals surface area contributed by atoms with Crippen molar-refractivity contribution in [2.24, 2.45) is 0 Å². The van der Waals surface area contributed by atoms with Gasteiger partial charge in [0, 0.05) is 10.0 Å². The lowest BCUT2D eigenvalue weighted by Gasteiger charge is -2.04. The number of aliphatic hydroxyl groups excluding tert-OH is 1. The summed E-state index contributed by atoms with van der Waals surface area (Å²) < 4.78 is 0. The molecule has 5 heteroatoms. The Morgan fingerprint density at radius 1 is 1.29 bits per heavy atom. The van der Waals surface area contributed by atoms with Crippen molar-refractivity contribution in [1.82, 2.24) is 0 Å². The van der Waals surface area contributed by atoms with Crippen LogP contribution in [0.1, 0.15) is 12.5 Å². The lowest BCUT2D eigenvalue weighted by Crippen LogP contribution is -2.03. The van der Waals surface area contributed by atoms with Gasteiger partial charge < -0.3 is 5.11 Å². The Kier molecular flexibility index (Phi) is 8.78. The first kappa shape index (κ1) is 15.0. The van der Waals surface area contributed by atoms with Gasteiger partial charge in [0.05, 0.1) is 6.10 Å². The molecule has 0 heterocycles. The summed E-state index contributed by atoms with van der Waals surface area (Å²) in [6.45, 7) is 1.73. The van der Waals surface area contributed by atoms with Gasteiger partial charge in [0.25, 0.3) is 0 Å². The van der Waals surface area contributed by atoms with Crippen molar-refractivity contribution < 1.29 is 5.11 Å². The van der Waals surface area contributed by atoms with Crippen molar-refractivity contribution in [2.75, 3.05) is 0 Å². The van der Waals surface area contributed by atoms with Gasteiger partial charge in [-0.1, -0.05) is 23.2 Å². The Hall–Kier alpha value is 1.01. The second-order valence-electron chi connectivity index (χ2n) is 2.83. The maximum Gasteiger partial charge on any atom is 1.52 e. The molecule has 1 aromatic carbocycles. The van der Waals surface area contributed by atoms with Gasteiger partial charge in [0.2, 0.25) is 0 Å². The van der Waals surface area contributed by atoms with E-state index in [0.29, 0.717) is 16.5 Å². The van der Waals surface area contributed by atoms with E-state index in [-0.39, 0.29) is 6.10 Å². The van der Waals surface area contributed by atoms with Gasteiger partial charge in [-0.2, -0.15) is 0 Å². The molecule has 1 nitrogen and oxygen atoms in total. The van der Waals surface area contributed by atoms with Crippen LogP contribution in [0.4, 0.5) is 0 Å². The molecule has 73 valence electrons. The number of hydrogen-bond donors (Lipinski definition) is 1. The molecule has 0 aliphatic carbocycles. The molecule has 0 saturated heterocycles. The van der Waals surface area contributed by atoms with E-state index in [1.54, 1.807) is 44.7 Å². The van der Waals surface area contributed by atoms with Gasteiger partial charge >= 0.3 is 32.4 Å². The van der Waals surface area contributed by atoms with Crippen LogP contribution in [-0.4, -0.2) is 30.7 Å². The van der Waals surface area contributed by atoms with Gasteiger partial charge in [-0.3, -0.25) is 0 Å². The van der Waals surface area contributed by atoms with Crippen molar-refractivity contribution in [3.8, 4) is 0 Å². The van der Waals surface area contributed by atoms with Gasteiger partial charge in [0.1, 0.15) is 0 Å². The van der Waals surface area contributed by atoms with Gasteiger partial charge in [0.15, 0.2) is 0 Å². The second-order valence-corrected chi connectivity index (χ2v) is 3.70. The highest BCUT2D eigenvalue weighted by atomic mass is 79.9. The van der Waals surface area contributed by atoms with Gasteiger partial charge in [-0.25, -0.2) is 0 Å². The molecule has 0 aliphatic heterocycles. The van der Waals surface area contributed by atoms with Crippen molar-refractivity contribution in [2.45, 2.75) is 19.4 Å². The number of benzene rings is 1. The number of aliphatic hydroxyl groups is 1. The second kappa shape index (κ2) is 8.19. The quantitative estimate of drug-likeness (QED) is 0.830. The van der Waals surface area contributed by atoms with Crippen LogP contribution in [0, 0.1) is 0 Å². The molecule has 14 heavy (non-hydrogen) atoms. The van der Waals surface area contributed by atoms with Crippen LogP contribution in [0.2, 0.25) is 10.0 Å². The first-order chi connectivity index (χ1) is 6.58. The lowest BCUT2D eigenvalue weighted by molar-refractivity contribution is 0.195. The van der Waals surface area contributed by atoms with Crippen molar-refractivity contribution in [3.63, 3.8) is 0 Å². The Labute approximate surface area is 113 Å². The van der Waals surface area contributed by atoms with E-state index < -0.39 is 0 Å². The van der Waals surface area contributed by atoms with Crippen LogP contribution >= 0.6 is 36.1 Å². The lowest BCUT2D eigenvalue weighted by atomic mass is 10.1. The van der Waals surface area contributed by atoms with Crippen molar-refractivity contribution >= 4 is 55.6 Å². The van der Waals surface area contributed by atoms with Gasteiger partial charge in [-0.15, -0.1) is 0 Å². The normalized spacial score (nSPS) is 11.6. The van der Waals surface area contributed by atoms with Crippen LogP contribution in [0.15, 0.2) is 18.2 Å². The Bertz CT molecular complexity index is 261. The average molecular weight is 309 g/mol. The number of rotatable bonds is 2. The molecule has 0 aromatic heterocycles. The fraction of sp³-hybridized carbons (Fsp3) is 0.333. The van der Waals surface area contributed by atoms with Gasteiger partial charge in [-0.05, 0) is 37.1 Å². The van der Waals surface area contributed by atoms with E-state index in [4.69, 9.17) is 28.3 Å². The molecule has 0 spiro atoms. The molecule has 0 amide bonds. The molecule has 0 fully saturated rings. The van der Waals surface area contributed by atoms with Crippen LogP contribution in [-0.2, 0) is 6.42 Å². The molecule has 1 atom stereocenters. The van der Waals surface area contributed by atoms with E-state index in [2.05, 4.69) is 12.9 Å². The van der Waals surface area contributed by atoms with Crippen molar-refractivity contribution in [1.29, 1.82) is 0 Å². The Morgan fingerprint density at radius 2 is 1.71 bits per heavy atom. The Morgan fingerprint density at radius 3 is 2.07 bits per heavy atom. The third kappa shape index (κ3) is 6.48. The average Bonchev–Trinajstić information content (AvgIpc) is 2.04. The predicted octanol–water partition coefficient (Wildman–Crippen LogP) is 3.38. The highest BCUT2D eigenvalue weighted by Gasteiger charge is 2.13. The summed E-state index contributed by atoms with van der Waals surface area (Å²) in [6, 6.07) is 5.29. The molecule has 1 N–H and O–H groups in total. The maximum atomic E-state index is 9.10. The summed E-state index contributed by atoms with van der Waals surface area (Å²) in [5.41, 5.74) is 0.961. The first-order valence-corrected chi connectivity index (χ1v) is 8.63. The zero-order valence-electron chi connectivity index (χ0n) is 7.80.